The van der Waals surface area contributed by atoms with E-state index in [1.165, 1.54) is 18.8 Å². The Hall–Kier alpha value is -1.13. The summed E-state index contributed by atoms with van der Waals surface area (Å²) in [6, 6.07) is 4.11. The molecule has 0 bridgehead atoms. The average Bonchev–Trinajstić information content (AvgIpc) is 2.39. The fourth-order valence-electron chi connectivity index (χ4n) is 2.84. The van der Waals surface area contributed by atoms with Crippen molar-refractivity contribution in [2.24, 2.45) is 5.41 Å². The van der Waals surface area contributed by atoms with Gasteiger partial charge in [-0.25, -0.2) is 0 Å². The summed E-state index contributed by atoms with van der Waals surface area (Å²) in [7, 11) is 2.15. The molecule has 1 aliphatic heterocycles. The van der Waals surface area contributed by atoms with Crippen molar-refractivity contribution in [1.29, 1.82) is 0 Å². The van der Waals surface area contributed by atoms with Gasteiger partial charge in [0.25, 0.3) is 0 Å². The highest BCUT2D eigenvalue weighted by Gasteiger charge is 2.24. The number of anilines is 1. The largest absolute Gasteiger partial charge is 0.373 e. The van der Waals surface area contributed by atoms with Crippen LogP contribution < -0.4 is 10.2 Å². The Bertz CT molecular complexity index is 371. The van der Waals surface area contributed by atoms with Gasteiger partial charge in [0, 0.05) is 52.5 Å². The van der Waals surface area contributed by atoms with Crippen LogP contribution in [-0.4, -0.2) is 56.2 Å². The summed E-state index contributed by atoms with van der Waals surface area (Å²) in [4.78, 5) is 9.05. The Morgan fingerprint density at radius 1 is 1.37 bits per heavy atom. The number of hydrogen-bond acceptors (Lipinski definition) is 4. The molecule has 0 amide bonds. The maximum atomic E-state index is 4.19. The van der Waals surface area contributed by atoms with E-state index in [9.17, 15) is 0 Å². The normalized spacial score (nSPS) is 17.4. The zero-order valence-electron chi connectivity index (χ0n) is 12.4. The highest BCUT2D eigenvalue weighted by Crippen LogP contribution is 2.21. The summed E-state index contributed by atoms with van der Waals surface area (Å²) in [6.07, 6.45) is 3.75. The summed E-state index contributed by atoms with van der Waals surface area (Å²) in [5, 5.41) is 3.41. The van der Waals surface area contributed by atoms with Crippen molar-refractivity contribution in [2.75, 3.05) is 51.2 Å². The Morgan fingerprint density at radius 3 is 2.74 bits per heavy atom. The quantitative estimate of drug-likeness (QED) is 0.870. The van der Waals surface area contributed by atoms with Gasteiger partial charge in [-0.15, -0.1) is 0 Å². The molecule has 4 nitrogen and oxygen atoms in total. The molecule has 1 N–H and O–H groups in total. The first-order chi connectivity index (χ1) is 9.07. The van der Waals surface area contributed by atoms with Gasteiger partial charge in [-0.3, -0.25) is 4.98 Å². The predicted molar refractivity (Wildman–Crippen MR) is 80.6 cm³/mol. The van der Waals surface area contributed by atoms with Crippen LogP contribution in [0.15, 0.2) is 24.5 Å². The van der Waals surface area contributed by atoms with Crippen molar-refractivity contribution < 1.29 is 0 Å². The van der Waals surface area contributed by atoms with Crippen molar-refractivity contribution in [3.05, 3.63) is 24.5 Å². The number of nitrogens with zero attached hydrogens (tertiary/aromatic N) is 3. The number of pyridine rings is 1. The number of nitrogens with one attached hydrogen (secondary N) is 1. The van der Waals surface area contributed by atoms with Crippen LogP contribution >= 0.6 is 0 Å². The van der Waals surface area contributed by atoms with Crippen LogP contribution in [0.3, 0.4) is 0 Å². The molecule has 2 rings (SSSR count). The summed E-state index contributed by atoms with van der Waals surface area (Å²) in [6.45, 7) is 11.5. The molecule has 4 heteroatoms. The molecule has 2 heterocycles. The van der Waals surface area contributed by atoms with E-state index in [0.29, 0.717) is 0 Å². The lowest BCUT2D eigenvalue weighted by atomic mass is 9.91. The van der Waals surface area contributed by atoms with E-state index < -0.39 is 0 Å². The van der Waals surface area contributed by atoms with E-state index in [2.05, 4.69) is 47.1 Å². The van der Waals surface area contributed by atoms with E-state index in [1.807, 2.05) is 18.5 Å². The van der Waals surface area contributed by atoms with Gasteiger partial charge < -0.3 is 15.1 Å². The van der Waals surface area contributed by atoms with Gasteiger partial charge in [-0.2, -0.15) is 0 Å². The third-order valence-electron chi connectivity index (χ3n) is 3.61. The minimum atomic E-state index is 0.280. The first-order valence-electron chi connectivity index (χ1n) is 7.11. The third kappa shape index (κ3) is 4.48. The Balaban J connectivity index is 1.88. The molecule has 1 aromatic rings. The van der Waals surface area contributed by atoms with E-state index in [0.717, 1.165) is 26.2 Å². The lowest BCUT2D eigenvalue weighted by molar-refractivity contribution is 0.164. The van der Waals surface area contributed by atoms with E-state index in [4.69, 9.17) is 0 Å². The molecule has 0 unspecified atom stereocenters. The first kappa shape index (κ1) is 14.3. The number of piperazine rings is 1. The molecule has 106 valence electrons. The standard InChI is InChI=1S/C15H26N4/c1-15(2,13-19-9-7-16-8-10-19)12-18(3)14-5-4-6-17-11-14/h4-6,11,16H,7-10,12-13H2,1-3H3. The second kappa shape index (κ2) is 6.35. The van der Waals surface area contributed by atoms with Gasteiger partial charge >= 0.3 is 0 Å². The fourth-order valence-corrected chi connectivity index (χ4v) is 2.84. The van der Waals surface area contributed by atoms with Gasteiger partial charge in [0.05, 0.1) is 11.9 Å². The molecule has 19 heavy (non-hydrogen) atoms. The van der Waals surface area contributed by atoms with Crippen molar-refractivity contribution >= 4 is 5.69 Å². The van der Waals surface area contributed by atoms with Gasteiger partial charge in [0.15, 0.2) is 0 Å². The molecule has 0 saturated carbocycles. The minimum absolute atomic E-state index is 0.280. The maximum absolute atomic E-state index is 4.19. The first-order valence-corrected chi connectivity index (χ1v) is 7.11. The van der Waals surface area contributed by atoms with Crippen molar-refractivity contribution in [2.45, 2.75) is 13.8 Å². The van der Waals surface area contributed by atoms with Crippen molar-refractivity contribution in [3.8, 4) is 0 Å². The van der Waals surface area contributed by atoms with Crippen LogP contribution in [0.2, 0.25) is 0 Å². The van der Waals surface area contributed by atoms with Gasteiger partial charge in [0.2, 0.25) is 0 Å². The van der Waals surface area contributed by atoms with Crippen LogP contribution in [0.1, 0.15) is 13.8 Å². The lowest BCUT2D eigenvalue weighted by Crippen LogP contribution is -2.49. The molecule has 1 aromatic heterocycles. The van der Waals surface area contributed by atoms with E-state index in [1.54, 1.807) is 0 Å². The molecule has 1 saturated heterocycles. The predicted octanol–water partition coefficient (Wildman–Crippen LogP) is 1.45. The molecule has 0 spiro atoms. The third-order valence-corrected chi connectivity index (χ3v) is 3.61. The monoisotopic (exact) mass is 262 g/mol. The molecule has 0 aliphatic carbocycles. The molecule has 0 radical (unpaired) electrons. The highest BCUT2D eigenvalue weighted by atomic mass is 15.2. The maximum Gasteiger partial charge on any atom is 0.0550 e. The van der Waals surface area contributed by atoms with Crippen LogP contribution in [0.5, 0.6) is 0 Å². The summed E-state index contributed by atoms with van der Waals surface area (Å²) >= 11 is 0. The molecule has 1 fully saturated rings. The van der Waals surface area contributed by atoms with Crippen LogP contribution in [0, 0.1) is 5.41 Å². The van der Waals surface area contributed by atoms with E-state index >= 15 is 0 Å². The molecule has 1 aliphatic rings. The zero-order chi connectivity index (χ0) is 13.7. The summed E-state index contributed by atoms with van der Waals surface area (Å²) in [5.41, 5.74) is 1.47. The van der Waals surface area contributed by atoms with E-state index in [-0.39, 0.29) is 5.41 Å². The van der Waals surface area contributed by atoms with Crippen molar-refractivity contribution in [3.63, 3.8) is 0 Å². The molecule has 0 atom stereocenters. The number of aromatic nitrogens is 1. The zero-order valence-corrected chi connectivity index (χ0v) is 12.4. The Morgan fingerprint density at radius 2 is 2.11 bits per heavy atom. The second-order valence-electron chi connectivity index (χ2n) is 6.26. The summed E-state index contributed by atoms with van der Waals surface area (Å²) < 4.78 is 0. The smallest absolute Gasteiger partial charge is 0.0550 e. The fraction of sp³-hybridized carbons (Fsp3) is 0.667. The summed E-state index contributed by atoms with van der Waals surface area (Å²) in [5.74, 6) is 0. The molecular weight excluding hydrogens is 236 g/mol. The average molecular weight is 262 g/mol. The van der Waals surface area contributed by atoms with Crippen LogP contribution in [0.4, 0.5) is 5.69 Å². The van der Waals surface area contributed by atoms with Gasteiger partial charge in [-0.05, 0) is 17.5 Å². The Labute approximate surface area is 116 Å². The lowest BCUT2D eigenvalue weighted by Gasteiger charge is -2.37. The van der Waals surface area contributed by atoms with Gasteiger partial charge in [0.1, 0.15) is 0 Å². The minimum Gasteiger partial charge on any atom is -0.373 e. The number of rotatable bonds is 5. The SMILES string of the molecule is CN(CC(C)(C)CN1CCNCC1)c1cccnc1. The van der Waals surface area contributed by atoms with Crippen LogP contribution in [0.25, 0.3) is 0 Å². The highest BCUT2D eigenvalue weighted by molar-refractivity contribution is 5.42. The van der Waals surface area contributed by atoms with Crippen molar-refractivity contribution in [1.82, 2.24) is 15.2 Å². The van der Waals surface area contributed by atoms with Gasteiger partial charge in [-0.1, -0.05) is 13.8 Å². The molecular formula is C15H26N4. The second-order valence-corrected chi connectivity index (χ2v) is 6.26. The number of hydrogen-bond donors (Lipinski definition) is 1. The Kier molecular flexibility index (Phi) is 4.77. The van der Waals surface area contributed by atoms with Crippen LogP contribution in [-0.2, 0) is 0 Å². The molecule has 0 aromatic carbocycles. The topological polar surface area (TPSA) is 31.4 Å².